The van der Waals surface area contributed by atoms with Gasteiger partial charge in [-0.1, -0.05) is 0 Å². The number of carbonyl (C=O) groups is 1. The van der Waals surface area contributed by atoms with Crippen molar-refractivity contribution < 1.29 is 19.4 Å². The minimum atomic E-state index is -0.510. The number of ether oxygens (including phenoxy) is 2. The SMILES string of the molecule is COC(=O)c1cnc(N2CCOC(CO)C2)cn1. The first-order valence-corrected chi connectivity index (χ1v) is 5.62. The van der Waals surface area contributed by atoms with Gasteiger partial charge in [-0.05, 0) is 0 Å². The van der Waals surface area contributed by atoms with Crippen molar-refractivity contribution in [1.29, 1.82) is 0 Å². The van der Waals surface area contributed by atoms with Gasteiger partial charge in [0.05, 0.1) is 38.8 Å². The smallest absolute Gasteiger partial charge is 0.358 e. The number of aliphatic hydroxyl groups is 1. The van der Waals surface area contributed by atoms with Crippen molar-refractivity contribution in [2.45, 2.75) is 6.10 Å². The highest BCUT2D eigenvalue weighted by Crippen LogP contribution is 2.14. The standard InChI is InChI=1S/C11H15N3O4/c1-17-11(16)9-4-13-10(5-12-9)14-2-3-18-8(6-14)7-15/h4-5,8,15H,2-3,6-7H2,1H3. The van der Waals surface area contributed by atoms with Gasteiger partial charge in [-0.2, -0.15) is 0 Å². The molecule has 1 aromatic rings. The van der Waals surface area contributed by atoms with Crippen molar-refractivity contribution in [3.8, 4) is 0 Å². The maximum absolute atomic E-state index is 11.2. The Labute approximate surface area is 104 Å². The molecule has 1 aromatic heterocycles. The lowest BCUT2D eigenvalue weighted by Crippen LogP contribution is -2.44. The molecule has 1 N–H and O–H groups in total. The van der Waals surface area contributed by atoms with Gasteiger partial charge in [0.1, 0.15) is 5.82 Å². The Morgan fingerprint density at radius 3 is 3.06 bits per heavy atom. The highest BCUT2D eigenvalue weighted by Gasteiger charge is 2.21. The molecule has 0 radical (unpaired) electrons. The van der Waals surface area contributed by atoms with Crippen LogP contribution in [0, 0.1) is 0 Å². The van der Waals surface area contributed by atoms with E-state index < -0.39 is 5.97 Å². The average Bonchev–Trinajstić information content (AvgIpc) is 2.46. The molecule has 18 heavy (non-hydrogen) atoms. The number of hydrogen-bond acceptors (Lipinski definition) is 7. The van der Waals surface area contributed by atoms with Crippen molar-refractivity contribution in [1.82, 2.24) is 9.97 Å². The Bertz CT molecular complexity index is 409. The molecular weight excluding hydrogens is 238 g/mol. The molecule has 1 aliphatic rings. The van der Waals surface area contributed by atoms with Gasteiger partial charge >= 0.3 is 5.97 Å². The van der Waals surface area contributed by atoms with Crippen LogP contribution in [0.3, 0.4) is 0 Å². The molecule has 98 valence electrons. The maximum Gasteiger partial charge on any atom is 0.358 e. The first kappa shape index (κ1) is 12.7. The van der Waals surface area contributed by atoms with E-state index in [1.807, 2.05) is 4.90 Å². The summed E-state index contributed by atoms with van der Waals surface area (Å²) in [7, 11) is 1.30. The summed E-state index contributed by atoms with van der Waals surface area (Å²) in [5.41, 5.74) is 0.174. The van der Waals surface area contributed by atoms with Crippen LogP contribution in [0.15, 0.2) is 12.4 Å². The Balaban J connectivity index is 2.07. The van der Waals surface area contributed by atoms with Crippen LogP contribution in [-0.2, 0) is 9.47 Å². The van der Waals surface area contributed by atoms with E-state index in [0.29, 0.717) is 25.5 Å². The Morgan fingerprint density at radius 1 is 1.61 bits per heavy atom. The number of aliphatic hydroxyl groups excluding tert-OH is 1. The first-order chi connectivity index (χ1) is 8.74. The second-order valence-corrected chi connectivity index (χ2v) is 3.87. The number of morpholine rings is 1. The first-order valence-electron chi connectivity index (χ1n) is 5.62. The number of hydrogen-bond donors (Lipinski definition) is 1. The molecular formula is C11H15N3O4. The normalized spacial score (nSPS) is 19.7. The molecule has 1 aliphatic heterocycles. The summed E-state index contributed by atoms with van der Waals surface area (Å²) in [6.45, 7) is 1.75. The molecule has 7 heteroatoms. The number of esters is 1. The molecule has 1 saturated heterocycles. The lowest BCUT2D eigenvalue weighted by atomic mass is 10.3. The van der Waals surface area contributed by atoms with Crippen molar-refractivity contribution >= 4 is 11.8 Å². The quantitative estimate of drug-likeness (QED) is 0.724. The molecule has 0 spiro atoms. The molecule has 7 nitrogen and oxygen atoms in total. The predicted molar refractivity (Wildman–Crippen MR) is 62.4 cm³/mol. The molecule has 1 fully saturated rings. The number of nitrogens with zero attached hydrogens (tertiary/aromatic N) is 3. The van der Waals surface area contributed by atoms with Crippen molar-refractivity contribution in [2.75, 3.05) is 38.3 Å². The molecule has 0 amide bonds. The van der Waals surface area contributed by atoms with Gasteiger partial charge in [0.15, 0.2) is 5.69 Å². The van der Waals surface area contributed by atoms with E-state index in [-0.39, 0.29) is 18.4 Å². The number of anilines is 1. The van der Waals surface area contributed by atoms with E-state index in [1.54, 1.807) is 0 Å². The summed E-state index contributed by atoms with van der Waals surface area (Å²) in [4.78, 5) is 21.3. The second kappa shape index (κ2) is 5.74. The zero-order valence-electron chi connectivity index (χ0n) is 10.1. The van der Waals surface area contributed by atoms with Gasteiger partial charge in [-0.25, -0.2) is 14.8 Å². The van der Waals surface area contributed by atoms with Crippen molar-refractivity contribution in [2.24, 2.45) is 0 Å². The van der Waals surface area contributed by atoms with E-state index >= 15 is 0 Å². The van der Waals surface area contributed by atoms with Gasteiger partial charge in [0, 0.05) is 13.1 Å². The number of aromatic nitrogens is 2. The van der Waals surface area contributed by atoms with E-state index in [4.69, 9.17) is 9.84 Å². The number of methoxy groups -OCH3 is 1. The van der Waals surface area contributed by atoms with Gasteiger partial charge in [0.2, 0.25) is 0 Å². The van der Waals surface area contributed by atoms with Crippen molar-refractivity contribution in [3.05, 3.63) is 18.1 Å². The highest BCUT2D eigenvalue weighted by atomic mass is 16.5. The number of rotatable bonds is 3. The Hall–Kier alpha value is -1.73. The maximum atomic E-state index is 11.2. The minimum Gasteiger partial charge on any atom is -0.464 e. The Morgan fingerprint density at radius 2 is 2.44 bits per heavy atom. The van der Waals surface area contributed by atoms with Crippen LogP contribution >= 0.6 is 0 Å². The Kier molecular flexibility index (Phi) is 4.06. The van der Waals surface area contributed by atoms with Crippen LogP contribution in [0.2, 0.25) is 0 Å². The molecule has 0 bridgehead atoms. The summed E-state index contributed by atoms with van der Waals surface area (Å²) in [5, 5.41) is 9.06. The van der Waals surface area contributed by atoms with Gasteiger partial charge < -0.3 is 19.5 Å². The molecule has 1 atom stereocenters. The topological polar surface area (TPSA) is 84.8 Å². The van der Waals surface area contributed by atoms with E-state index in [9.17, 15) is 4.79 Å². The van der Waals surface area contributed by atoms with Crippen LogP contribution in [-0.4, -0.2) is 60.6 Å². The largest absolute Gasteiger partial charge is 0.464 e. The second-order valence-electron chi connectivity index (χ2n) is 3.87. The average molecular weight is 253 g/mol. The summed E-state index contributed by atoms with van der Waals surface area (Å²) < 4.78 is 9.89. The minimum absolute atomic E-state index is 0.0236. The molecule has 2 heterocycles. The number of carbonyl (C=O) groups excluding carboxylic acids is 1. The van der Waals surface area contributed by atoms with Crippen molar-refractivity contribution in [3.63, 3.8) is 0 Å². The van der Waals surface area contributed by atoms with Crippen LogP contribution in [0.5, 0.6) is 0 Å². The zero-order chi connectivity index (χ0) is 13.0. The molecule has 0 saturated carbocycles. The summed E-state index contributed by atoms with van der Waals surface area (Å²) in [6.07, 6.45) is 2.69. The van der Waals surface area contributed by atoms with Gasteiger partial charge in [-0.3, -0.25) is 0 Å². The lowest BCUT2D eigenvalue weighted by Gasteiger charge is -2.32. The van der Waals surface area contributed by atoms with Crippen LogP contribution in [0.1, 0.15) is 10.5 Å². The summed E-state index contributed by atoms with van der Waals surface area (Å²) in [6, 6.07) is 0. The molecule has 0 aliphatic carbocycles. The van der Waals surface area contributed by atoms with Crippen LogP contribution in [0.25, 0.3) is 0 Å². The third-order valence-electron chi connectivity index (χ3n) is 2.70. The molecule has 2 rings (SSSR count). The van der Waals surface area contributed by atoms with Gasteiger partial charge in [-0.15, -0.1) is 0 Å². The molecule has 0 aromatic carbocycles. The van der Waals surface area contributed by atoms with Crippen LogP contribution < -0.4 is 4.90 Å². The fourth-order valence-electron chi connectivity index (χ4n) is 1.73. The molecule has 1 unspecified atom stereocenters. The van der Waals surface area contributed by atoms with E-state index in [1.165, 1.54) is 19.5 Å². The summed E-state index contributed by atoms with van der Waals surface area (Å²) >= 11 is 0. The fourth-order valence-corrected chi connectivity index (χ4v) is 1.73. The predicted octanol–water partition coefficient (Wildman–Crippen LogP) is -0.539. The monoisotopic (exact) mass is 253 g/mol. The third-order valence-corrected chi connectivity index (χ3v) is 2.70. The van der Waals surface area contributed by atoms with Crippen LogP contribution in [0.4, 0.5) is 5.82 Å². The summed E-state index contributed by atoms with van der Waals surface area (Å²) in [5.74, 6) is 0.147. The fraction of sp³-hybridized carbons (Fsp3) is 0.545. The van der Waals surface area contributed by atoms with Gasteiger partial charge in [0.25, 0.3) is 0 Å². The highest BCUT2D eigenvalue weighted by molar-refractivity contribution is 5.86. The van der Waals surface area contributed by atoms with E-state index in [2.05, 4.69) is 14.7 Å². The lowest BCUT2D eigenvalue weighted by molar-refractivity contribution is 0.00334. The zero-order valence-corrected chi connectivity index (χ0v) is 10.1. The van der Waals surface area contributed by atoms with E-state index in [0.717, 1.165) is 0 Å². The third kappa shape index (κ3) is 2.74.